The summed E-state index contributed by atoms with van der Waals surface area (Å²) in [6, 6.07) is 9.29. The lowest BCUT2D eigenvalue weighted by molar-refractivity contribution is 0.397. The third-order valence-corrected chi connectivity index (χ3v) is 5.33. The maximum Gasteiger partial charge on any atom is 0.133 e. The van der Waals surface area contributed by atoms with Crippen LogP contribution >= 0.6 is 55.1 Å². The molecule has 1 unspecified atom stereocenters. The van der Waals surface area contributed by atoms with Crippen molar-refractivity contribution in [1.29, 1.82) is 0 Å². The lowest BCUT2D eigenvalue weighted by Gasteiger charge is -2.17. The minimum Gasteiger partial charge on any atom is -0.496 e. The molecule has 0 aromatic heterocycles. The Kier molecular flexibility index (Phi) is 5.83. The molecule has 0 heterocycles. The third kappa shape index (κ3) is 3.67. The van der Waals surface area contributed by atoms with E-state index in [1.54, 1.807) is 20.3 Å². The Balaban J connectivity index is 2.50. The summed E-state index contributed by atoms with van der Waals surface area (Å²) in [6.45, 7) is 0. The highest BCUT2D eigenvalue weighted by Gasteiger charge is 2.19. The Morgan fingerprint density at radius 2 is 1.62 bits per heavy atom. The lowest BCUT2D eigenvalue weighted by Crippen LogP contribution is -1.99. The molecule has 0 N–H and O–H groups in total. The van der Waals surface area contributed by atoms with Crippen LogP contribution in [0.3, 0.4) is 0 Å². The summed E-state index contributed by atoms with van der Waals surface area (Å²) in [5.41, 5.74) is 1.74. The first-order valence-electron chi connectivity index (χ1n) is 5.98. The quantitative estimate of drug-likeness (QED) is 0.511. The van der Waals surface area contributed by atoms with Crippen molar-refractivity contribution >= 4 is 55.1 Å². The van der Waals surface area contributed by atoms with E-state index in [0.29, 0.717) is 16.5 Å². The van der Waals surface area contributed by atoms with E-state index in [1.165, 1.54) is 0 Å². The van der Waals surface area contributed by atoms with E-state index in [4.69, 9.17) is 32.7 Å². The molecule has 21 heavy (non-hydrogen) atoms. The molecule has 2 aromatic rings. The van der Waals surface area contributed by atoms with Gasteiger partial charge in [-0.15, -0.1) is 11.6 Å². The van der Waals surface area contributed by atoms with Gasteiger partial charge in [-0.1, -0.05) is 17.7 Å². The van der Waals surface area contributed by atoms with Crippen LogP contribution in [0.5, 0.6) is 11.5 Å². The molecule has 2 aromatic carbocycles. The second kappa shape index (κ2) is 7.23. The minimum absolute atomic E-state index is 0.379. The van der Waals surface area contributed by atoms with Crippen LogP contribution in [-0.2, 0) is 0 Å². The first-order valence-corrected chi connectivity index (χ1v) is 8.38. The maximum absolute atomic E-state index is 6.61. The van der Waals surface area contributed by atoms with Gasteiger partial charge < -0.3 is 9.47 Å². The van der Waals surface area contributed by atoms with E-state index in [1.807, 2.05) is 24.3 Å². The third-order valence-electron chi connectivity index (χ3n) is 3.01. The molecule has 0 aliphatic rings. The van der Waals surface area contributed by atoms with Crippen molar-refractivity contribution in [2.45, 2.75) is 5.38 Å². The van der Waals surface area contributed by atoms with Crippen LogP contribution in [0.2, 0.25) is 5.02 Å². The zero-order valence-corrected chi connectivity index (χ0v) is 16.0. The number of halogens is 4. The molecule has 0 aliphatic carbocycles. The first kappa shape index (κ1) is 16.9. The molecular weight excluding hydrogens is 443 g/mol. The predicted molar refractivity (Wildman–Crippen MR) is 94.1 cm³/mol. The Morgan fingerprint density at radius 3 is 2.19 bits per heavy atom. The van der Waals surface area contributed by atoms with Crippen LogP contribution in [0.1, 0.15) is 16.5 Å². The molecule has 112 valence electrons. The van der Waals surface area contributed by atoms with E-state index < -0.39 is 0 Å². The highest BCUT2D eigenvalue weighted by Crippen LogP contribution is 2.41. The smallest absolute Gasteiger partial charge is 0.133 e. The SMILES string of the molecule is COc1cc(C(Cl)c2ccc(Cl)c(Br)c2)c(OC)cc1Br. The first-order chi connectivity index (χ1) is 9.97. The fourth-order valence-electron chi connectivity index (χ4n) is 1.93. The van der Waals surface area contributed by atoms with Crippen molar-refractivity contribution < 1.29 is 9.47 Å². The summed E-state index contributed by atoms with van der Waals surface area (Å²) in [6.07, 6.45) is 0. The van der Waals surface area contributed by atoms with Crippen molar-refractivity contribution in [2.75, 3.05) is 14.2 Å². The number of hydrogen-bond acceptors (Lipinski definition) is 2. The van der Waals surface area contributed by atoms with Gasteiger partial charge in [0.25, 0.3) is 0 Å². The molecular formula is C15H12Br2Cl2O2. The lowest BCUT2D eigenvalue weighted by atomic mass is 10.0. The number of rotatable bonds is 4. The average molecular weight is 455 g/mol. The molecule has 0 radical (unpaired) electrons. The molecule has 0 spiro atoms. The fourth-order valence-corrected chi connectivity index (χ4v) is 3.24. The summed E-state index contributed by atoms with van der Waals surface area (Å²) in [4.78, 5) is 0. The number of methoxy groups -OCH3 is 2. The monoisotopic (exact) mass is 452 g/mol. The van der Waals surface area contributed by atoms with E-state index in [0.717, 1.165) is 20.1 Å². The van der Waals surface area contributed by atoms with Crippen LogP contribution in [0.4, 0.5) is 0 Å². The van der Waals surface area contributed by atoms with Crippen molar-refractivity contribution in [3.63, 3.8) is 0 Å². The van der Waals surface area contributed by atoms with Gasteiger partial charge in [0.05, 0.1) is 29.1 Å². The Hall–Kier alpha value is -0.420. The molecule has 2 rings (SSSR count). The van der Waals surface area contributed by atoms with E-state index in [9.17, 15) is 0 Å². The number of alkyl halides is 1. The van der Waals surface area contributed by atoms with Crippen molar-refractivity contribution in [3.05, 3.63) is 55.4 Å². The van der Waals surface area contributed by atoms with Gasteiger partial charge in [0.15, 0.2) is 0 Å². The van der Waals surface area contributed by atoms with Gasteiger partial charge in [-0.2, -0.15) is 0 Å². The summed E-state index contributed by atoms with van der Waals surface area (Å²) in [5, 5.41) is 0.262. The molecule has 0 saturated heterocycles. The summed E-state index contributed by atoms with van der Waals surface area (Å²) in [7, 11) is 3.22. The predicted octanol–water partition coefficient (Wildman–Crippen LogP) is 6.21. The normalized spacial score (nSPS) is 12.1. The maximum atomic E-state index is 6.61. The van der Waals surface area contributed by atoms with Crippen molar-refractivity contribution in [2.24, 2.45) is 0 Å². The van der Waals surface area contributed by atoms with E-state index >= 15 is 0 Å². The Labute approximate surface area is 150 Å². The second-order valence-corrected chi connectivity index (χ2v) is 6.82. The molecule has 0 amide bonds. The Bertz CT molecular complexity index is 662. The molecule has 0 saturated carbocycles. The van der Waals surface area contributed by atoms with Gasteiger partial charge in [0, 0.05) is 10.0 Å². The number of benzene rings is 2. The summed E-state index contributed by atoms with van der Waals surface area (Å²) in [5.74, 6) is 1.39. The Morgan fingerprint density at radius 1 is 0.952 bits per heavy atom. The standard InChI is InChI=1S/C15H12Br2Cl2O2/c1-20-13-7-11(17)14(21-2)6-9(13)15(19)8-3-4-12(18)10(16)5-8/h3-7,15H,1-2H3. The highest BCUT2D eigenvalue weighted by atomic mass is 79.9. The van der Waals surface area contributed by atoms with Crippen LogP contribution < -0.4 is 9.47 Å². The van der Waals surface area contributed by atoms with Crippen molar-refractivity contribution in [3.8, 4) is 11.5 Å². The summed E-state index contributed by atoms with van der Waals surface area (Å²) >= 11 is 19.5. The molecule has 0 aliphatic heterocycles. The van der Waals surface area contributed by atoms with Gasteiger partial charge in [0.1, 0.15) is 11.5 Å². The fraction of sp³-hybridized carbons (Fsp3) is 0.200. The van der Waals surface area contributed by atoms with Gasteiger partial charge in [-0.25, -0.2) is 0 Å². The van der Waals surface area contributed by atoms with E-state index in [-0.39, 0.29) is 5.38 Å². The number of ether oxygens (including phenoxy) is 2. The topological polar surface area (TPSA) is 18.5 Å². The minimum atomic E-state index is -0.379. The van der Waals surface area contributed by atoms with Crippen LogP contribution in [0, 0.1) is 0 Å². The largest absolute Gasteiger partial charge is 0.496 e. The number of hydrogen-bond donors (Lipinski definition) is 0. The highest BCUT2D eigenvalue weighted by molar-refractivity contribution is 9.10. The van der Waals surface area contributed by atoms with Crippen LogP contribution in [-0.4, -0.2) is 14.2 Å². The molecule has 0 fully saturated rings. The second-order valence-electron chi connectivity index (χ2n) is 4.26. The molecule has 2 nitrogen and oxygen atoms in total. The summed E-state index contributed by atoms with van der Waals surface area (Å²) < 4.78 is 12.4. The van der Waals surface area contributed by atoms with Gasteiger partial charge >= 0.3 is 0 Å². The van der Waals surface area contributed by atoms with Gasteiger partial charge in [-0.05, 0) is 61.7 Å². The van der Waals surface area contributed by atoms with Gasteiger partial charge in [-0.3, -0.25) is 0 Å². The zero-order valence-electron chi connectivity index (χ0n) is 11.3. The molecule has 1 atom stereocenters. The zero-order chi connectivity index (χ0) is 15.6. The van der Waals surface area contributed by atoms with Crippen LogP contribution in [0.15, 0.2) is 39.3 Å². The van der Waals surface area contributed by atoms with Crippen molar-refractivity contribution in [1.82, 2.24) is 0 Å². The van der Waals surface area contributed by atoms with Gasteiger partial charge in [0.2, 0.25) is 0 Å². The molecule has 0 bridgehead atoms. The van der Waals surface area contributed by atoms with Crippen LogP contribution in [0.25, 0.3) is 0 Å². The van der Waals surface area contributed by atoms with E-state index in [2.05, 4.69) is 31.9 Å². The molecule has 6 heteroatoms. The average Bonchev–Trinajstić information content (AvgIpc) is 2.49.